The summed E-state index contributed by atoms with van der Waals surface area (Å²) in [7, 11) is 0. The van der Waals surface area contributed by atoms with Crippen molar-refractivity contribution in [2.75, 3.05) is 0 Å². The molecule has 1 rings (SSSR count). The number of hydrazone groups is 1. The Hall–Kier alpha value is -1.69. The van der Waals surface area contributed by atoms with Crippen LogP contribution in [0.5, 0.6) is 5.75 Å². The van der Waals surface area contributed by atoms with Crippen LogP contribution < -0.4 is 11.2 Å². The molecule has 0 amide bonds. The van der Waals surface area contributed by atoms with Gasteiger partial charge in [0.15, 0.2) is 5.11 Å². The number of hydrogen-bond acceptors (Lipinski definition) is 4. The van der Waals surface area contributed by atoms with E-state index in [0.717, 1.165) is 0 Å². The van der Waals surface area contributed by atoms with Gasteiger partial charge < -0.3 is 10.8 Å². The summed E-state index contributed by atoms with van der Waals surface area (Å²) in [5, 5.41) is 12.9. The minimum absolute atomic E-state index is 0.0518. The number of nitrogens with one attached hydrogen (secondary N) is 1. The number of aromatic hydroxyl groups is 1. The molecule has 0 radical (unpaired) electrons. The topological polar surface area (TPSA) is 83.5 Å². The molecule has 1 aromatic rings. The number of nitrogens with two attached hydrogens (primary N) is 1. The Morgan fingerprint density at radius 1 is 1.77 bits per heavy atom. The lowest BCUT2D eigenvalue weighted by Gasteiger charge is -1.96. The Balaban J connectivity index is 2.68. The predicted octanol–water partition coefficient (Wildman–Crippen LogP) is -0.0457. The van der Waals surface area contributed by atoms with Crippen LogP contribution in [0.4, 0.5) is 0 Å². The molecule has 0 unspecified atom stereocenters. The molecule has 0 spiro atoms. The number of thiocarbonyl (C=S) groups is 1. The molecule has 0 fully saturated rings. The third-order valence-electron chi connectivity index (χ3n) is 1.18. The van der Waals surface area contributed by atoms with Gasteiger partial charge in [0.25, 0.3) is 0 Å². The van der Waals surface area contributed by atoms with Crippen molar-refractivity contribution in [2.45, 2.75) is 0 Å². The van der Waals surface area contributed by atoms with Crippen LogP contribution in [-0.2, 0) is 0 Å². The summed E-state index contributed by atoms with van der Waals surface area (Å²) in [6, 6.07) is 3.13. The molecular formula is C7H8N4OS. The molecule has 1 aromatic heterocycles. The van der Waals surface area contributed by atoms with Crippen molar-refractivity contribution < 1.29 is 5.11 Å². The second kappa shape index (κ2) is 4.36. The molecule has 0 saturated carbocycles. The fourth-order valence-electron chi connectivity index (χ4n) is 0.666. The summed E-state index contributed by atoms with van der Waals surface area (Å²) in [6.07, 6.45) is 2.87. The first-order chi connectivity index (χ1) is 6.20. The molecule has 1 heterocycles. The van der Waals surface area contributed by atoms with E-state index in [1.54, 1.807) is 12.3 Å². The number of rotatable bonds is 2. The van der Waals surface area contributed by atoms with Gasteiger partial charge in [-0.15, -0.1) is 0 Å². The Labute approximate surface area is 80.3 Å². The molecule has 5 nitrogen and oxygen atoms in total. The first kappa shape index (κ1) is 9.40. The van der Waals surface area contributed by atoms with Crippen LogP contribution in [0.2, 0.25) is 0 Å². The highest BCUT2D eigenvalue weighted by atomic mass is 32.1. The summed E-state index contributed by atoms with van der Waals surface area (Å²) in [6.45, 7) is 0. The van der Waals surface area contributed by atoms with E-state index in [2.05, 4.69) is 27.7 Å². The van der Waals surface area contributed by atoms with Crippen LogP contribution in [0.15, 0.2) is 23.4 Å². The highest BCUT2D eigenvalue weighted by Crippen LogP contribution is 2.08. The van der Waals surface area contributed by atoms with Crippen LogP contribution in [0, 0.1) is 0 Å². The Morgan fingerprint density at radius 3 is 3.15 bits per heavy atom. The first-order valence-electron chi connectivity index (χ1n) is 3.42. The molecular weight excluding hydrogens is 188 g/mol. The maximum atomic E-state index is 9.23. The molecule has 0 saturated heterocycles. The summed E-state index contributed by atoms with van der Waals surface area (Å²) in [5.74, 6) is 0.0518. The largest absolute Gasteiger partial charge is 0.506 e. The standard InChI is InChI=1S/C7H8N4OS/c8-7(13)11-10-4-5-6(12)2-1-3-9-5/h1-4,12H,(H3,8,11,13)/b10-4+. The molecule has 4 N–H and O–H groups in total. The van der Waals surface area contributed by atoms with Crippen molar-refractivity contribution >= 4 is 23.5 Å². The van der Waals surface area contributed by atoms with Crippen molar-refractivity contribution in [3.8, 4) is 5.75 Å². The number of aromatic nitrogens is 1. The summed E-state index contributed by atoms with van der Waals surface area (Å²) in [4.78, 5) is 3.85. The summed E-state index contributed by atoms with van der Waals surface area (Å²) >= 11 is 4.51. The third-order valence-corrected chi connectivity index (χ3v) is 1.27. The Bertz CT molecular complexity index is 339. The average molecular weight is 196 g/mol. The van der Waals surface area contributed by atoms with Gasteiger partial charge in [0.1, 0.15) is 11.4 Å². The fourth-order valence-corrected chi connectivity index (χ4v) is 0.718. The summed E-state index contributed by atoms with van der Waals surface area (Å²) in [5.41, 5.74) is 7.82. The molecule has 13 heavy (non-hydrogen) atoms. The lowest BCUT2D eigenvalue weighted by atomic mass is 10.3. The van der Waals surface area contributed by atoms with Crippen LogP contribution >= 0.6 is 12.2 Å². The molecule has 0 aromatic carbocycles. The van der Waals surface area contributed by atoms with Crippen LogP contribution in [0.1, 0.15) is 5.69 Å². The minimum atomic E-state index is 0.0518. The van der Waals surface area contributed by atoms with E-state index in [0.29, 0.717) is 5.69 Å². The van der Waals surface area contributed by atoms with Gasteiger partial charge in [0.2, 0.25) is 0 Å². The lowest BCUT2D eigenvalue weighted by Crippen LogP contribution is -2.24. The normalized spacial score (nSPS) is 10.2. The molecule has 0 aliphatic rings. The monoisotopic (exact) mass is 196 g/mol. The third kappa shape index (κ3) is 3.04. The molecule has 0 bridgehead atoms. The van der Waals surface area contributed by atoms with Gasteiger partial charge in [-0.2, -0.15) is 5.10 Å². The maximum absolute atomic E-state index is 9.23. The molecule has 6 heteroatoms. The molecule has 0 aliphatic heterocycles. The van der Waals surface area contributed by atoms with Crippen molar-refractivity contribution in [3.63, 3.8) is 0 Å². The second-order valence-electron chi connectivity index (χ2n) is 2.14. The van der Waals surface area contributed by atoms with E-state index in [1.165, 1.54) is 12.3 Å². The number of pyridine rings is 1. The zero-order valence-electron chi connectivity index (χ0n) is 6.64. The SMILES string of the molecule is NC(=S)N/N=C/c1ncccc1O. The van der Waals surface area contributed by atoms with Gasteiger partial charge >= 0.3 is 0 Å². The van der Waals surface area contributed by atoms with Gasteiger partial charge in [0, 0.05) is 6.20 Å². The van der Waals surface area contributed by atoms with Crippen LogP contribution in [0.3, 0.4) is 0 Å². The van der Waals surface area contributed by atoms with Crippen molar-refractivity contribution in [1.82, 2.24) is 10.4 Å². The average Bonchev–Trinajstić information content (AvgIpc) is 2.08. The highest BCUT2D eigenvalue weighted by Gasteiger charge is 1.95. The van der Waals surface area contributed by atoms with Crippen molar-refractivity contribution in [2.24, 2.45) is 10.8 Å². The van der Waals surface area contributed by atoms with Crippen LogP contribution in [-0.4, -0.2) is 21.4 Å². The number of nitrogens with zero attached hydrogens (tertiary/aromatic N) is 2. The van der Waals surface area contributed by atoms with E-state index in [1.807, 2.05) is 0 Å². The Kier molecular flexibility index (Phi) is 3.15. The predicted molar refractivity (Wildman–Crippen MR) is 53.4 cm³/mol. The van der Waals surface area contributed by atoms with Gasteiger partial charge in [-0.25, -0.2) is 0 Å². The van der Waals surface area contributed by atoms with E-state index < -0.39 is 0 Å². The number of hydrogen-bond donors (Lipinski definition) is 3. The Morgan fingerprint density at radius 2 is 2.54 bits per heavy atom. The van der Waals surface area contributed by atoms with E-state index in [-0.39, 0.29) is 10.9 Å². The maximum Gasteiger partial charge on any atom is 0.184 e. The molecule has 0 atom stereocenters. The quantitative estimate of drug-likeness (QED) is 0.351. The smallest absolute Gasteiger partial charge is 0.184 e. The van der Waals surface area contributed by atoms with Crippen LogP contribution in [0.25, 0.3) is 0 Å². The molecule has 68 valence electrons. The first-order valence-corrected chi connectivity index (χ1v) is 3.83. The zero-order valence-corrected chi connectivity index (χ0v) is 7.45. The van der Waals surface area contributed by atoms with E-state index in [9.17, 15) is 5.11 Å². The zero-order chi connectivity index (χ0) is 9.68. The van der Waals surface area contributed by atoms with Crippen molar-refractivity contribution in [1.29, 1.82) is 0 Å². The lowest BCUT2D eigenvalue weighted by molar-refractivity contribution is 0.471. The van der Waals surface area contributed by atoms with Gasteiger partial charge in [0.05, 0.1) is 6.21 Å². The molecule has 0 aliphatic carbocycles. The fraction of sp³-hybridized carbons (Fsp3) is 0. The second-order valence-corrected chi connectivity index (χ2v) is 2.58. The van der Waals surface area contributed by atoms with Gasteiger partial charge in [-0.1, -0.05) is 0 Å². The van der Waals surface area contributed by atoms with E-state index >= 15 is 0 Å². The minimum Gasteiger partial charge on any atom is -0.506 e. The van der Waals surface area contributed by atoms with E-state index in [4.69, 9.17) is 5.73 Å². The van der Waals surface area contributed by atoms with Gasteiger partial charge in [-0.05, 0) is 24.4 Å². The van der Waals surface area contributed by atoms with Crippen molar-refractivity contribution in [3.05, 3.63) is 24.0 Å². The highest BCUT2D eigenvalue weighted by molar-refractivity contribution is 7.80. The summed E-state index contributed by atoms with van der Waals surface area (Å²) < 4.78 is 0. The van der Waals surface area contributed by atoms with Gasteiger partial charge in [-0.3, -0.25) is 10.4 Å².